The first-order valence-corrected chi connectivity index (χ1v) is 17.7. The Labute approximate surface area is 324 Å². The van der Waals surface area contributed by atoms with Crippen LogP contribution in [0, 0.1) is 13.8 Å². The van der Waals surface area contributed by atoms with Gasteiger partial charge in [0.05, 0.1) is 0 Å². The molecule has 9 heteroatoms. The van der Waals surface area contributed by atoms with E-state index in [0.717, 1.165) is 33.4 Å². The van der Waals surface area contributed by atoms with Crippen LogP contribution in [0.1, 0.15) is 32.6 Å². The minimum Gasteiger partial charge on any atom is -0.416 e. The monoisotopic (exact) mass is 740 g/mol. The molecule has 0 aliphatic rings. The molecule has 0 bridgehead atoms. The number of hydrogen-bond acceptors (Lipinski definition) is 7. The van der Waals surface area contributed by atoms with Crippen molar-refractivity contribution in [1.82, 2.24) is 30.8 Å². The maximum Gasteiger partial charge on any atom is 0.252 e. The highest BCUT2D eigenvalue weighted by Crippen LogP contribution is 2.27. The van der Waals surface area contributed by atoms with E-state index in [1.54, 1.807) is 36.4 Å². The Morgan fingerprint density at radius 2 is 0.891 bits per heavy atom. The maximum absolute atomic E-state index is 10.6. The fourth-order valence-corrected chi connectivity index (χ4v) is 5.49. The van der Waals surface area contributed by atoms with Gasteiger partial charge in [0, 0.05) is 22.3 Å². The van der Waals surface area contributed by atoms with Gasteiger partial charge in [-0.3, -0.25) is 4.79 Å². The first-order valence-electron chi connectivity index (χ1n) is 17.4. The molecule has 1 N–H and O–H groups in total. The predicted molar refractivity (Wildman–Crippen MR) is 222 cm³/mol. The zero-order valence-corrected chi connectivity index (χ0v) is 31.1. The van der Waals surface area contributed by atoms with E-state index in [-0.39, 0.29) is 0 Å². The summed E-state index contributed by atoms with van der Waals surface area (Å²) in [6.45, 7) is 11.5. The third-order valence-electron chi connectivity index (χ3n) is 8.58. The summed E-state index contributed by atoms with van der Waals surface area (Å²) in [4.78, 5) is 10.6. The summed E-state index contributed by atoms with van der Waals surface area (Å²) in [7, 11) is 0. The highest BCUT2D eigenvalue weighted by atomic mass is 35.5. The Morgan fingerprint density at radius 3 is 1.27 bits per heavy atom. The van der Waals surface area contributed by atoms with Gasteiger partial charge in [-0.15, -0.1) is 20.4 Å². The fourth-order valence-electron chi connectivity index (χ4n) is 5.36. The second kappa shape index (κ2) is 18.1. The predicted octanol–water partition coefficient (Wildman–Crippen LogP) is 11.6. The first-order chi connectivity index (χ1) is 26.8. The topological polar surface area (TPSA) is 110 Å². The molecule has 0 fully saturated rings. The Balaban J connectivity index is 0.000000153. The molecule has 6 aromatic carbocycles. The molecule has 8 rings (SSSR count). The lowest BCUT2D eigenvalue weighted by Crippen LogP contribution is -1.86. The highest BCUT2D eigenvalue weighted by Gasteiger charge is 2.11. The number of aryl methyl sites for hydroxylation is 2. The lowest BCUT2D eigenvalue weighted by Gasteiger charge is -2.03. The summed E-state index contributed by atoms with van der Waals surface area (Å²) in [6.07, 6.45) is 3.51. The van der Waals surface area contributed by atoms with Crippen molar-refractivity contribution in [2.45, 2.75) is 13.8 Å². The number of H-pyrrole nitrogens is 1. The number of carbonyl (C=O) groups is 1. The quantitative estimate of drug-likeness (QED) is 0.154. The normalized spacial score (nSPS) is 10.3. The van der Waals surface area contributed by atoms with Crippen molar-refractivity contribution >= 4 is 29.0 Å². The number of carbonyl (C=O) groups excluding carboxylic acids is 1. The van der Waals surface area contributed by atoms with Gasteiger partial charge in [0.15, 0.2) is 0 Å². The highest BCUT2D eigenvalue weighted by molar-refractivity contribution is 6.67. The molecule has 2 aromatic heterocycles. The summed E-state index contributed by atoms with van der Waals surface area (Å²) in [5, 5.41) is 21.8. The minimum absolute atomic E-state index is 0.430. The molecule has 8 nitrogen and oxygen atoms in total. The van der Waals surface area contributed by atoms with E-state index in [2.05, 4.69) is 131 Å². The molecule has 0 atom stereocenters. The van der Waals surface area contributed by atoms with E-state index >= 15 is 0 Å². The molecule has 2 heterocycles. The van der Waals surface area contributed by atoms with Gasteiger partial charge >= 0.3 is 0 Å². The first kappa shape index (κ1) is 37.7. The SMILES string of the molecule is C=Cc1ccc(-c2nnc(-c3ccc(-c4ccc(C)cc4)cc3)o2)cc1.C=Cc1ccc(C(=O)Cl)cc1.Cc1ccc(-c2ccc(-c3nn[nH]n3)cc2)cc1. The van der Waals surface area contributed by atoms with Gasteiger partial charge in [0.1, 0.15) is 0 Å². The third kappa shape index (κ3) is 10.1. The number of halogens is 1. The molecule has 8 aromatic rings. The number of benzene rings is 6. The number of nitrogens with one attached hydrogen (secondary N) is 1. The number of aromatic nitrogens is 6. The van der Waals surface area contributed by atoms with Crippen molar-refractivity contribution in [3.63, 3.8) is 0 Å². The average molecular weight is 741 g/mol. The van der Waals surface area contributed by atoms with Crippen LogP contribution >= 0.6 is 11.6 Å². The van der Waals surface area contributed by atoms with Crippen LogP contribution < -0.4 is 0 Å². The molecular formula is C46H37ClN6O2. The fraction of sp³-hybridized carbons (Fsp3) is 0.0435. The molecule has 0 aliphatic carbocycles. The van der Waals surface area contributed by atoms with Crippen LogP contribution in [0.15, 0.2) is 163 Å². The number of nitrogens with zero attached hydrogens (tertiary/aromatic N) is 5. The lowest BCUT2D eigenvalue weighted by molar-refractivity contribution is 0.108. The molecular weight excluding hydrogens is 704 g/mol. The molecule has 0 aliphatic heterocycles. The lowest BCUT2D eigenvalue weighted by atomic mass is 10.0. The Bertz CT molecular complexity index is 2460. The van der Waals surface area contributed by atoms with Gasteiger partial charge < -0.3 is 4.42 Å². The van der Waals surface area contributed by atoms with Gasteiger partial charge in [0.25, 0.3) is 5.24 Å². The molecule has 0 spiro atoms. The number of hydrogen-bond donors (Lipinski definition) is 1. The van der Waals surface area contributed by atoms with Gasteiger partial charge in [0.2, 0.25) is 17.6 Å². The van der Waals surface area contributed by atoms with Crippen LogP contribution in [-0.4, -0.2) is 36.1 Å². The van der Waals surface area contributed by atoms with Gasteiger partial charge in [-0.1, -0.05) is 146 Å². The van der Waals surface area contributed by atoms with Gasteiger partial charge in [-0.05, 0) is 100 Å². The maximum atomic E-state index is 10.6. The summed E-state index contributed by atoms with van der Waals surface area (Å²) < 4.78 is 5.84. The van der Waals surface area contributed by atoms with Crippen molar-refractivity contribution in [2.24, 2.45) is 0 Å². The van der Waals surface area contributed by atoms with Gasteiger partial charge in [-0.25, -0.2) is 0 Å². The zero-order chi connectivity index (χ0) is 38.6. The number of aromatic amines is 1. The average Bonchev–Trinajstić information content (AvgIpc) is 3.97. The van der Waals surface area contributed by atoms with Crippen LogP contribution in [-0.2, 0) is 0 Å². The van der Waals surface area contributed by atoms with Crippen molar-refractivity contribution in [1.29, 1.82) is 0 Å². The van der Waals surface area contributed by atoms with Crippen LogP contribution in [0.4, 0.5) is 0 Å². The molecule has 55 heavy (non-hydrogen) atoms. The van der Waals surface area contributed by atoms with E-state index in [9.17, 15) is 4.79 Å². The van der Waals surface area contributed by atoms with Crippen molar-refractivity contribution in [2.75, 3.05) is 0 Å². The summed E-state index contributed by atoms with van der Waals surface area (Å²) >= 11 is 5.23. The molecule has 270 valence electrons. The second-order valence-electron chi connectivity index (χ2n) is 12.5. The van der Waals surface area contributed by atoms with E-state index in [1.165, 1.54) is 27.8 Å². The van der Waals surface area contributed by atoms with E-state index in [1.807, 2.05) is 48.5 Å². The standard InChI is InChI=1S/C23H18N2O.C14H12N4.C9H7ClO/c1-3-17-6-10-20(11-7-17)22-24-25-23(26-22)21-14-12-19(13-15-21)18-8-4-16(2)5-9-18;1-10-2-4-11(5-3-10)12-6-8-13(9-7-12)14-15-17-18-16-14;1-2-7-3-5-8(6-4-7)9(10)11/h3-15H,1H2,2H3;2-9H,1H3,(H,15,16,17,18);2-6H,1H2. The zero-order valence-electron chi connectivity index (χ0n) is 30.4. The van der Waals surface area contributed by atoms with Crippen molar-refractivity contribution in [3.05, 3.63) is 187 Å². The Morgan fingerprint density at radius 1 is 0.527 bits per heavy atom. The van der Waals surface area contributed by atoms with Crippen LogP contribution in [0.3, 0.4) is 0 Å². The van der Waals surface area contributed by atoms with Gasteiger partial charge in [-0.2, -0.15) is 5.21 Å². The number of rotatable bonds is 8. The van der Waals surface area contributed by atoms with E-state index in [0.29, 0.717) is 23.2 Å². The summed E-state index contributed by atoms with van der Waals surface area (Å²) in [5.41, 5.74) is 12.6. The molecule has 0 saturated heterocycles. The van der Waals surface area contributed by atoms with Crippen LogP contribution in [0.25, 0.3) is 68.7 Å². The van der Waals surface area contributed by atoms with Crippen molar-refractivity contribution < 1.29 is 9.21 Å². The van der Waals surface area contributed by atoms with Crippen molar-refractivity contribution in [3.8, 4) is 56.6 Å². The molecule has 0 radical (unpaired) electrons. The number of tetrazole rings is 1. The molecule has 0 saturated carbocycles. The summed E-state index contributed by atoms with van der Waals surface area (Å²) in [6, 6.07) is 48.0. The Kier molecular flexibility index (Phi) is 12.4. The smallest absolute Gasteiger partial charge is 0.252 e. The minimum atomic E-state index is -0.430. The molecule has 0 unspecified atom stereocenters. The van der Waals surface area contributed by atoms with E-state index in [4.69, 9.17) is 16.0 Å². The van der Waals surface area contributed by atoms with E-state index < -0.39 is 5.24 Å². The van der Waals surface area contributed by atoms with Crippen LogP contribution in [0.2, 0.25) is 0 Å². The Hall–Kier alpha value is -7.03. The van der Waals surface area contributed by atoms with Crippen LogP contribution in [0.5, 0.6) is 0 Å². The molecule has 0 amide bonds. The summed E-state index contributed by atoms with van der Waals surface area (Å²) in [5.74, 6) is 1.65. The largest absolute Gasteiger partial charge is 0.416 e. The third-order valence-corrected chi connectivity index (χ3v) is 8.80. The second-order valence-corrected chi connectivity index (χ2v) is 12.8.